The summed E-state index contributed by atoms with van der Waals surface area (Å²) in [5.74, 6) is 0.985. The fourth-order valence-electron chi connectivity index (χ4n) is 2.19. The first-order chi connectivity index (χ1) is 7.72. The fraction of sp³-hybridized carbons (Fsp3) is 0.818. The minimum Gasteiger partial charge on any atom is -0.316 e. The molecule has 0 saturated heterocycles. The van der Waals surface area contributed by atoms with Crippen LogP contribution >= 0.6 is 11.8 Å². The monoisotopic (exact) mass is 240 g/mol. The van der Waals surface area contributed by atoms with Gasteiger partial charge in [-0.3, -0.25) is 0 Å². The van der Waals surface area contributed by atoms with Crippen LogP contribution in [0.2, 0.25) is 0 Å². The number of thioether (sulfide) groups is 1. The van der Waals surface area contributed by atoms with E-state index in [2.05, 4.69) is 27.1 Å². The molecule has 1 aliphatic rings. The average Bonchev–Trinajstić information content (AvgIpc) is 2.62. The zero-order valence-corrected chi connectivity index (χ0v) is 11.0. The maximum atomic E-state index is 4.23. The molecule has 0 aromatic carbocycles. The van der Waals surface area contributed by atoms with E-state index in [1.165, 1.54) is 25.7 Å². The number of nitrogens with zero attached hydrogens (tertiary/aromatic N) is 3. The van der Waals surface area contributed by atoms with E-state index >= 15 is 0 Å². The van der Waals surface area contributed by atoms with Gasteiger partial charge in [0.2, 0.25) is 0 Å². The van der Waals surface area contributed by atoms with Crippen LogP contribution in [0.5, 0.6) is 0 Å². The van der Waals surface area contributed by atoms with Gasteiger partial charge in [-0.15, -0.1) is 10.2 Å². The molecule has 1 N–H and O–H groups in total. The number of nitrogens with one attached hydrogen (secondary N) is 1. The van der Waals surface area contributed by atoms with Gasteiger partial charge in [0.05, 0.1) is 0 Å². The van der Waals surface area contributed by atoms with Crippen molar-refractivity contribution in [3.05, 3.63) is 5.82 Å². The summed E-state index contributed by atoms with van der Waals surface area (Å²) >= 11 is 1.87. The standard InChI is InChI=1S/C11H20N4S/c1-8-13-14-11(15(8)3)16-10-7-5-4-6-9(10)12-2/h9-10,12H,4-7H2,1-3H3. The van der Waals surface area contributed by atoms with Crippen molar-refractivity contribution >= 4 is 11.8 Å². The fourth-order valence-corrected chi connectivity index (χ4v) is 3.56. The first kappa shape index (κ1) is 11.9. The molecule has 2 rings (SSSR count). The third kappa shape index (κ3) is 2.40. The highest BCUT2D eigenvalue weighted by molar-refractivity contribution is 7.99. The lowest BCUT2D eigenvalue weighted by Crippen LogP contribution is -2.38. The predicted octanol–water partition coefficient (Wildman–Crippen LogP) is 1.75. The van der Waals surface area contributed by atoms with Crippen LogP contribution in [-0.2, 0) is 7.05 Å². The third-order valence-corrected chi connectivity index (χ3v) is 4.82. The van der Waals surface area contributed by atoms with Gasteiger partial charge in [-0.25, -0.2) is 0 Å². The molecule has 0 bridgehead atoms. The molecule has 2 unspecified atom stereocenters. The van der Waals surface area contributed by atoms with Crippen molar-refractivity contribution in [2.45, 2.75) is 49.1 Å². The lowest BCUT2D eigenvalue weighted by atomic mass is 9.95. The molecule has 0 amide bonds. The largest absolute Gasteiger partial charge is 0.316 e. The summed E-state index contributed by atoms with van der Waals surface area (Å²) in [6.07, 6.45) is 5.25. The van der Waals surface area contributed by atoms with Gasteiger partial charge in [0.15, 0.2) is 5.16 Å². The van der Waals surface area contributed by atoms with Crippen LogP contribution in [0.15, 0.2) is 5.16 Å². The van der Waals surface area contributed by atoms with E-state index in [-0.39, 0.29) is 0 Å². The Morgan fingerprint density at radius 2 is 2.06 bits per heavy atom. The van der Waals surface area contributed by atoms with Crippen LogP contribution in [0.25, 0.3) is 0 Å². The van der Waals surface area contributed by atoms with Crippen molar-refractivity contribution in [1.82, 2.24) is 20.1 Å². The number of hydrogen-bond acceptors (Lipinski definition) is 4. The van der Waals surface area contributed by atoms with Crippen LogP contribution in [0.3, 0.4) is 0 Å². The molecule has 1 heterocycles. The molecular weight excluding hydrogens is 220 g/mol. The summed E-state index contributed by atoms with van der Waals surface area (Å²) in [4.78, 5) is 0. The van der Waals surface area contributed by atoms with Gasteiger partial charge in [0.25, 0.3) is 0 Å². The Bertz CT molecular complexity index is 350. The topological polar surface area (TPSA) is 42.7 Å². The Balaban J connectivity index is 2.05. The van der Waals surface area contributed by atoms with Crippen molar-refractivity contribution in [3.63, 3.8) is 0 Å². The second kappa shape index (κ2) is 5.19. The van der Waals surface area contributed by atoms with Gasteiger partial charge < -0.3 is 9.88 Å². The maximum absolute atomic E-state index is 4.23. The molecule has 4 nitrogen and oxygen atoms in total. The molecule has 0 spiro atoms. The minimum atomic E-state index is 0.621. The van der Waals surface area contributed by atoms with Crippen molar-refractivity contribution < 1.29 is 0 Å². The second-order valence-corrected chi connectivity index (χ2v) is 5.63. The van der Waals surface area contributed by atoms with Crippen molar-refractivity contribution in [2.75, 3.05) is 7.05 Å². The summed E-state index contributed by atoms with van der Waals surface area (Å²) in [6.45, 7) is 1.99. The van der Waals surface area contributed by atoms with Gasteiger partial charge in [0, 0.05) is 18.3 Å². The van der Waals surface area contributed by atoms with E-state index < -0.39 is 0 Å². The number of aromatic nitrogens is 3. The Morgan fingerprint density at radius 3 is 2.69 bits per heavy atom. The highest BCUT2D eigenvalue weighted by Crippen LogP contribution is 2.32. The van der Waals surface area contributed by atoms with Crippen LogP contribution < -0.4 is 5.32 Å². The summed E-state index contributed by atoms with van der Waals surface area (Å²) in [5, 5.41) is 13.4. The maximum Gasteiger partial charge on any atom is 0.191 e. The molecule has 0 aliphatic heterocycles. The first-order valence-electron chi connectivity index (χ1n) is 5.92. The minimum absolute atomic E-state index is 0.621. The predicted molar refractivity (Wildman–Crippen MR) is 66.7 cm³/mol. The van der Waals surface area contributed by atoms with Crippen LogP contribution in [0.1, 0.15) is 31.5 Å². The molecular formula is C11H20N4S. The number of rotatable bonds is 3. The number of aryl methyl sites for hydroxylation is 1. The zero-order valence-electron chi connectivity index (χ0n) is 10.2. The SMILES string of the molecule is CNC1CCCCC1Sc1nnc(C)n1C. The van der Waals surface area contributed by atoms with E-state index in [4.69, 9.17) is 0 Å². The van der Waals surface area contributed by atoms with Crippen molar-refractivity contribution in [3.8, 4) is 0 Å². The van der Waals surface area contributed by atoms with Crippen molar-refractivity contribution in [2.24, 2.45) is 7.05 Å². The van der Waals surface area contributed by atoms with Gasteiger partial charge in [-0.05, 0) is 26.8 Å². The Morgan fingerprint density at radius 1 is 1.31 bits per heavy atom. The van der Waals surface area contributed by atoms with E-state index in [1.54, 1.807) is 0 Å². The highest BCUT2D eigenvalue weighted by Gasteiger charge is 2.26. The lowest BCUT2D eigenvalue weighted by Gasteiger charge is -2.30. The second-order valence-electron chi connectivity index (χ2n) is 4.42. The molecule has 90 valence electrons. The molecule has 1 aromatic rings. The van der Waals surface area contributed by atoms with E-state index in [0.29, 0.717) is 11.3 Å². The van der Waals surface area contributed by atoms with Crippen LogP contribution in [-0.4, -0.2) is 33.1 Å². The smallest absolute Gasteiger partial charge is 0.191 e. The van der Waals surface area contributed by atoms with E-state index in [9.17, 15) is 0 Å². The van der Waals surface area contributed by atoms with Gasteiger partial charge in [-0.2, -0.15) is 0 Å². The van der Waals surface area contributed by atoms with Gasteiger partial charge >= 0.3 is 0 Å². The molecule has 1 aliphatic carbocycles. The van der Waals surface area contributed by atoms with Gasteiger partial charge in [-0.1, -0.05) is 24.6 Å². The molecule has 1 fully saturated rings. The molecule has 1 aromatic heterocycles. The first-order valence-corrected chi connectivity index (χ1v) is 6.80. The normalized spacial score (nSPS) is 25.9. The Hall–Kier alpha value is -0.550. The third-order valence-electron chi connectivity index (χ3n) is 3.38. The average molecular weight is 240 g/mol. The summed E-state index contributed by atoms with van der Waals surface area (Å²) < 4.78 is 2.08. The molecule has 5 heteroatoms. The summed E-state index contributed by atoms with van der Waals surface area (Å²) in [5.41, 5.74) is 0. The zero-order chi connectivity index (χ0) is 11.5. The van der Waals surface area contributed by atoms with Crippen LogP contribution in [0, 0.1) is 6.92 Å². The lowest BCUT2D eigenvalue weighted by molar-refractivity contribution is 0.404. The summed E-state index contributed by atoms with van der Waals surface area (Å²) in [7, 11) is 4.10. The van der Waals surface area contributed by atoms with Crippen molar-refractivity contribution in [1.29, 1.82) is 0 Å². The van der Waals surface area contributed by atoms with Crippen LogP contribution in [0.4, 0.5) is 0 Å². The molecule has 0 radical (unpaired) electrons. The van der Waals surface area contributed by atoms with Gasteiger partial charge in [0.1, 0.15) is 5.82 Å². The molecule has 1 saturated carbocycles. The summed E-state index contributed by atoms with van der Waals surface area (Å²) in [6, 6.07) is 0.621. The Kier molecular flexibility index (Phi) is 3.86. The van der Waals surface area contributed by atoms with E-state index in [1.807, 2.05) is 25.7 Å². The number of hydrogen-bond donors (Lipinski definition) is 1. The Labute approximate surface area is 101 Å². The van der Waals surface area contributed by atoms with E-state index in [0.717, 1.165) is 11.0 Å². The highest BCUT2D eigenvalue weighted by atomic mass is 32.2. The quantitative estimate of drug-likeness (QED) is 0.874. The molecule has 16 heavy (non-hydrogen) atoms. The molecule has 2 atom stereocenters.